The maximum absolute atomic E-state index is 16.3. The number of aromatic amines is 1. The van der Waals surface area contributed by atoms with Crippen LogP contribution in [0.2, 0.25) is 0 Å². The number of benzene rings is 1. The number of nitrogens with one attached hydrogen (secondary N) is 4. The van der Waals surface area contributed by atoms with Crippen LogP contribution in [0.15, 0.2) is 29.1 Å². The van der Waals surface area contributed by atoms with Crippen LogP contribution >= 0.6 is 0 Å². The van der Waals surface area contributed by atoms with Crippen molar-refractivity contribution < 1.29 is 31.5 Å². The molecule has 4 rings (SSSR count). The average molecular weight is 567 g/mol. The normalized spacial score (nSPS) is 16.4. The lowest BCUT2D eigenvalue weighted by molar-refractivity contribution is -0.137. The van der Waals surface area contributed by atoms with Gasteiger partial charge >= 0.3 is 6.18 Å². The lowest BCUT2D eigenvalue weighted by Crippen LogP contribution is -2.32. The van der Waals surface area contributed by atoms with E-state index in [0.29, 0.717) is 31.3 Å². The number of H-pyrrole nitrogens is 1. The van der Waals surface area contributed by atoms with Gasteiger partial charge in [-0.1, -0.05) is 6.07 Å². The molecule has 0 bridgehead atoms. The molecule has 1 aliphatic rings. The molecular weight excluding hydrogens is 539 g/mol. The molecule has 1 aliphatic heterocycles. The van der Waals surface area contributed by atoms with Crippen LogP contribution in [0.25, 0.3) is 11.3 Å². The fraction of sp³-hybridized carbons (Fsp3) is 0.346. The second kappa shape index (κ2) is 11.5. The predicted octanol–water partition coefficient (Wildman–Crippen LogP) is 3.73. The van der Waals surface area contributed by atoms with Gasteiger partial charge in [-0.15, -0.1) is 0 Å². The molecule has 2 aromatic heterocycles. The molecule has 0 aliphatic carbocycles. The molecule has 214 valence electrons. The van der Waals surface area contributed by atoms with Crippen LogP contribution in [0.3, 0.4) is 0 Å². The number of ether oxygens (including phenoxy) is 1. The van der Waals surface area contributed by atoms with Gasteiger partial charge in [-0.2, -0.15) is 13.2 Å². The summed E-state index contributed by atoms with van der Waals surface area (Å²) in [7, 11) is 0. The van der Waals surface area contributed by atoms with Crippen LogP contribution in [0.1, 0.15) is 40.5 Å². The minimum Gasteiger partial charge on any atom is -0.474 e. The second-order valence-corrected chi connectivity index (χ2v) is 9.27. The molecule has 0 radical (unpaired) electrons. The first-order valence-electron chi connectivity index (χ1n) is 12.4. The summed E-state index contributed by atoms with van der Waals surface area (Å²) in [6.45, 7) is 3.38. The van der Waals surface area contributed by atoms with Crippen LogP contribution in [0.5, 0.6) is 5.88 Å². The fourth-order valence-electron chi connectivity index (χ4n) is 4.37. The Morgan fingerprint density at radius 2 is 1.90 bits per heavy atom. The van der Waals surface area contributed by atoms with E-state index >= 15 is 4.39 Å². The smallest absolute Gasteiger partial charge is 0.417 e. The first-order chi connectivity index (χ1) is 18.9. The van der Waals surface area contributed by atoms with Crippen LogP contribution in [-0.2, 0) is 12.7 Å². The quantitative estimate of drug-likeness (QED) is 0.240. The predicted molar refractivity (Wildman–Crippen MR) is 138 cm³/mol. The molecule has 1 atom stereocenters. The van der Waals surface area contributed by atoms with Crippen molar-refractivity contribution in [3.05, 3.63) is 68.6 Å². The minimum absolute atomic E-state index is 0.160. The monoisotopic (exact) mass is 566 g/mol. The van der Waals surface area contributed by atoms with Crippen molar-refractivity contribution in [3.63, 3.8) is 0 Å². The van der Waals surface area contributed by atoms with Gasteiger partial charge in [0.25, 0.3) is 5.91 Å². The highest BCUT2D eigenvalue weighted by Crippen LogP contribution is 2.44. The lowest BCUT2D eigenvalue weighted by atomic mass is 9.95. The van der Waals surface area contributed by atoms with E-state index in [1.165, 1.54) is 18.2 Å². The molecular formula is C26H27F5N6O3. The zero-order chi connectivity index (χ0) is 29.2. The van der Waals surface area contributed by atoms with Crippen molar-refractivity contribution in [1.29, 1.82) is 0 Å². The summed E-state index contributed by atoms with van der Waals surface area (Å²) in [5.41, 5.74) is -0.0238. The van der Waals surface area contributed by atoms with Crippen molar-refractivity contribution in [1.82, 2.24) is 20.6 Å². The Morgan fingerprint density at radius 1 is 1.15 bits per heavy atom. The number of nitrogens with zero attached hydrogens (tertiary/aromatic N) is 1. The summed E-state index contributed by atoms with van der Waals surface area (Å²) in [6, 6.07) is 4.89. The van der Waals surface area contributed by atoms with E-state index < -0.39 is 75.0 Å². The highest BCUT2D eigenvalue weighted by Gasteiger charge is 2.39. The minimum atomic E-state index is -5.10. The average Bonchev–Trinajstić information content (AvgIpc) is 2.90. The zero-order valence-corrected chi connectivity index (χ0v) is 21.6. The Hall–Kier alpha value is -4.20. The molecule has 3 heterocycles. The summed E-state index contributed by atoms with van der Waals surface area (Å²) in [5, 5.41) is 8.43. The van der Waals surface area contributed by atoms with Crippen LogP contribution in [0.4, 0.5) is 33.3 Å². The summed E-state index contributed by atoms with van der Waals surface area (Å²) in [5.74, 6) is -3.85. The molecule has 0 saturated heterocycles. The standard InChI is InChI=1S/C26H27F5N6O3/c1-12-6-7-33-8-9-34-24(39)18-23(35-11-14-4-3-5-17(38)36-14)21(28)22(37-25(18)40-12)15-10-16(32)20(27)13(2)19(15)26(29,30)31/h3-5,10,12,33H,6-9,11,32H2,1-2H3,(H,34,39)(H,35,37)(H,36,38)/t12-/m0/s1. The molecule has 1 amide bonds. The topological polar surface area (TPSA) is 134 Å². The van der Waals surface area contributed by atoms with Crippen LogP contribution in [-0.4, -0.2) is 41.6 Å². The Balaban J connectivity index is 2.00. The van der Waals surface area contributed by atoms with Gasteiger partial charge in [0, 0.05) is 30.4 Å². The third kappa shape index (κ3) is 6.01. The molecule has 0 unspecified atom stereocenters. The molecule has 9 nitrogen and oxygen atoms in total. The number of anilines is 2. The van der Waals surface area contributed by atoms with Crippen molar-refractivity contribution in [2.24, 2.45) is 0 Å². The van der Waals surface area contributed by atoms with E-state index in [1.807, 2.05) is 0 Å². The molecule has 1 aromatic carbocycles. The van der Waals surface area contributed by atoms with Gasteiger partial charge in [-0.3, -0.25) is 9.59 Å². The third-order valence-electron chi connectivity index (χ3n) is 6.31. The number of nitrogens with two attached hydrogens (primary N) is 1. The first kappa shape index (κ1) is 28.8. The highest BCUT2D eigenvalue weighted by molar-refractivity contribution is 6.03. The lowest BCUT2D eigenvalue weighted by Gasteiger charge is -2.23. The second-order valence-electron chi connectivity index (χ2n) is 9.27. The number of pyridine rings is 2. The van der Waals surface area contributed by atoms with Gasteiger partial charge in [0.15, 0.2) is 5.82 Å². The number of hydrogen-bond acceptors (Lipinski definition) is 7. The molecule has 0 fully saturated rings. The number of aromatic nitrogens is 2. The third-order valence-corrected chi connectivity index (χ3v) is 6.31. The van der Waals surface area contributed by atoms with Crippen LogP contribution < -0.4 is 32.0 Å². The maximum atomic E-state index is 16.3. The maximum Gasteiger partial charge on any atom is 0.417 e. The van der Waals surface area contributed by atoms with Gasteiger partial charge in [-0.25, -0.2) is 13.8 Å². The highest BCUT2D eigenvalue weighted by atomic mass is 19.4. The number of rotatable bonds is 4. The van der Waals surface area contributed by atoms with E-state index in [0.717, 1.165) is 6.92 Å². The van der Waals surface area contributed by atoms with Crippen molar-refractivity contribution in [2.45, 2.75) is 39.1 Å². The molecule has 0 spiro atoms. The van der Waals surface area contributed by atoms with Crippen molar-refractivity contribution >= 4 is 17.3 Å². The van der Waals surface area contributed by atoms with Crippen molar-refractivity contribution in [3.8, 4) is 17.1 Å². The summed E-state index contributed by atoms with van der Waals surface area (Å²) >= 11 is 0. The Kier molecular flexibility index (Phi) is 8.28. The van der Waals surface area contributed by atoms with Gasteiger partial charge in [-0.05, 0) is 44.5 Å². The largest absolute Gasteiger partial charge is 0.474 e. The number of nitrogen functional groups attached to an aromatic ring is 1. The van der Waals surface area contributed by atoms with Gasteiger partial charge in [0.1, 0.15) is 17.1 Å². The van der Waals surface area contributed by atoms with Gasteiger partial charge in [0.05, 0.1) is 29.6 Å². The molecule has 14 heteroatoms. The molecule has 6 N–H and O–H groups in total. The number of amides is 1. The van der Waals surface area contributed by atoms with E-state index in [2.05, 4.69) is 25.9 Å². The Bertz CT molecular complexity index is 1490. The van der Waals surface area contributed by atoms with Crippen molar-refractivity contribution in [2.75, 3.05) is 30.7 Å². The Morgan fingerprint density at radius 3 is 2.60 bits per heavy atom. The summed E-state index contributed by atoms with van der Waals surface area (Å²) in [4.78, 5) is 31.6. The molecule has 0 saturated carbocycles. The van der Waals surface area contributed by atoms with E-state index in [4.69, 9.17) is 10.5 Å². The number of hydrogen-bond donors (Lipinski definition) is 5. The molecule has 3 aromatic rings. The Labute approximate surface area is 225 Å². The zero-order valence-electron chi connectivity index (χ0n) is 21.6. The SMILES string of the molecule is Cc1c(F)c(N)cc(-c2nc3c(c(NCc4cccc(=O)[nH]4)c2F)C(=O)NCCNCC[C@H](C)O3)c1C(F)(F)F. The van der Waals surface area contributed by atoms with Gasteiger partial charge < -0.3 is 31.4 Å². The summed E-state index contributed by atoms with van der Waals surface area (Å²) < 4.78 is 79.1. The molecule has 40 heavy (non-hydrogen) atoms. The number of halogens is 5. The number of carbonyl (C=O) groups excluding carboxylic acids is 1. The van der Waals surface area contributed by atoms with Gasteiger partial charge in [0.2, 0.25) is 11.4 Å². The summed E-state index contributed by atoms with van der Waals surface area (Å²) in [6.07, 6.45) is -5.25. The number of fused-ring (bicyclic) bond motifs is 1. The van der Waals surface area contributed by atoms with Crippen LogP contribution in [0, 0.1) is 18.6 Å². The first-order valence-corrected chi connectivity index (χ1v) is 12.4. The van der Waals surface area contributed by atoms with E-state index in [1.54, 1.807) is 6.92 Å². The van der Waals surface area contributed by atoms with E-state index in [9.17, 15) is 27.2 Å². The fourth-order valence-corrected chi connectivity index (χ4v) is 4.37. The number of alkyl halides is 3. The van der Waals surface area contributed by atoms with E-state index in [-0.39, 0.29) is 18.7 Å². The number of carbonyl (C=O) groups is 1.